The van der Waals surface area contributed by atoms with Crippen LogP contribution in [-0.4, -0.2) is 64.2 Å². The normalized spacial score (nSPS) is 17.8. The van der Waals surface area contributed by atoms with Crippen molar-refractivity contribution in [3.63, 3.8) is 0 Å². The third-order valence-electron chi connectivity index (χ3n) is 6.32. The first-order valence-corrected chi connectivity index (χ1v) is 13.6. The van der Waals surface area contributed by atoms with E-state index >= 15 is 0 Å². The number of esters is 1. The number of amides is 1. The maximum absolute atomic E-state index is 13.1. The molecule has 216 valence electrons. The van der Waals surface area contributed by atoms with E-state index in [-0.39, 0.29) is 50.6 Å². The van der Waals surface area contributed by atoms with Crippen molar-refractivity contribution in [2.45, 2.75) is 25.9 Å². The molecular formula is C30H32ClN3O7. The predicted molar refractivity (Wildman–Crippen MR) is 150 cm³/mol. The van der Waals surface area contributed by atoms with Crippen LogP contribution in [-0.2, 0) is 23.8 Å². The van der Waals surface area contributed by atoms with Crippen molar-refractivity contribution in [3.8, 4) is 17.6 Å². The molecule has 2 aliphatic heterocycles. The van der Waals surface area contributed by atoms with Crippen LogP contribution in [0.25, 0.3) is 0 Å². The van der Waals surface area contributed by atoms with E-state index in [1.165, 1.54) is 0 Å². The Hall–Kier alpha value is -4.04. The maximum atomic E-state index is 13.1. The summed E-state index contributed by atoms with van der Waals surface area (Å²) in [7, 11) is 0. The number of hydrogen-bond donors (Lipinski definition) is 2. The Kier molecular flexibility index (Phi) is 10.6. The molecule has 1 saturated heterocycles. The average Bonchev–Trinajstić information content (AvgIpc) is 3.80. The van der Waals surface area contributed by atoms with Gasteiger partial charge >= 0.3 is 5.97 Å². The van der Waals surface area contributed by atoms with Gasteiger partial charge in [-0.1, -0.05) is 29.8 Å². The molecule has 2 atom stereocenters. The lowest BCUT2D eigenvalue weighted by Gasteiger charge is -2.30. The average molecular weight is 582 g/mol. The standard InChI is InChI=1S/C30H32ClN3O7/c1-3-38-30(36)29-26(34-19(2)24(14-32)28(29)23-6-4-5-7-25(23)31)17-37-13-12-33-27(35)18-41-21-10-8-20(9-11-21)39-15-22-16-40-22/h4-11,22,28,34H,3,12-13,15-18H2,1-2H3,(H,33,35). The summed E-state index contributed by atoms with van der Waals surface area (Å²) in [6.45, 7) is 5.15. The highest BCUT2D eigenvalue weighted by Gasteiger charge is 2.36. The van der Waals surface area contributed by atoms with Crippen LogP contribution in [0.2, 0.25) is 5.02 Å². The molecule has 2 aromatic rings. The minimum absolute atomic E-state index is 0.0266. The zero-order valence-electron chi connectivity index (χ0n) is 22.9. The topological polar surface area (TPSA) is 131 Å². The zero-order valence-corrected chi connectivity index (χ0v) is 23.7. The number of hydrogen-bond acceptors (Lipinski definition) is 9. The van der Waals surface area contributed by atoms with Gasteiger partial charge in [0.15, 0.2) is 6.61 Å². The molecule has 0 saturated carbocycles. The fourth-order valence-electron chi connectivity index (χ4n) is 4.25. The summed E-state index contributed by atoms with van der Waals surface area (Å²) in [4.78, 5) is 25.3. The number of dihydropyridines is 1. The summed E-state index contributed by atoms with van der Waals surface area (Å²) in [6.07, 6.45) is 0.177. The third kappa shape index (κ3) is 8.24. The first kappa shape index (κ1) is 29.9. The van der Waals surface area contributed by atoms with Crippen LogP contribution in [0.5, 0.6) is 11.5 Å². The van der Waals surface area contributed by atoms with E-state index in [1.807, 2.05) is 0 Å². The molecule has 2 heterocycles. The van der Waals surface area contributed by atoms with E-state index in [1.54, 1.807) is 62.4 Å². The van der Waals surface area contributed by atoms with E-state index in [9.17, 15) is 14.9 Å². The van der Waals surface area contributed by atoms with Gasteiger partial charge in [-0.05, 0) is 49.7 Å². The molecule has 1 fully saturated rings. The second-order valence-corrected chi connectivity index (χ2v) is 9.68. The van der Waals surface area contributed by atoms with Crippen molar-refractivity contribution < 1.29 is 33.3 Å². The molecule has 11 heteroatoms. The Morgan fingerprint density at radius 2 is 1.85 bits per heavy atom. The Labute approximate surface area is 243 Å². The van der Waals surface area contributed by atoms with Crippen LogP contribution >= 0.6 is 11.6 Å². The molecule has 10 nitrogen and oxygen atoms in total. The monoisotopic (exact) mass is 581 g/mol. The van der Waals surface area contributed by atoms with E-state index in [0.29, 0.717) is 45.7 Å². The molecule has 0 aliphatic carbocycles. The number of halogens is 1. The molecular weight excluding hydrogens is 550 g/mol. The smallest absolute Gasteiger partial charge is 0.336 e. The van der Waals surface area contributed by atoms with E-state index in [2.05, 4.69) is 16.7 Å². The van der Waals surface area contributed by atoms with Crippen LogP contribution < -0.4 is 20.1 Å². The Morgan fingerprint density at radius 1 is 1.15 bits per heavy atom. The summed E-state index contributed by atoms with van der Waals surface area (Å²) in [6, 6.07) is 16.3. The van der Waals surface area contributed by atoms with Gasteiger partial charge in [0.1, 0.15) is 24.2 Å². The predicted octanol–water partition coefficient (Wildman–Crippen LogP) is 3.63. The van der Waals surface area contributed by atoms with Crippen molar-refractivity contribution in [2.24, 2.45) is 0 Å². The molecule has 2 unspecified atom stereocenters. The number of allylic oxidation sites excluding steroid dienone is 2. The van der Waals surface area contributed by atoms with Crippen molar-refractivity contribution in [1.82, 2.24) is 10.6 Å². The molecule has 41 heavy (non-hydrogen) atoms. The summed E-state index contributed by atoms with van der Waals surface area (Å²) in [5.41, 5.74) is 2.31. The minimum Gasteiger partial charge on any atom is -0.491 e. The fraction of sp³-hybridized carbons (Fsp3) is 0.367. The Bertz CT molecular complexity index is 1350. The molecule has 1 amide bonds. The lowest BCUT2D eigenvalue weighted by Crippen LogP contribution is -2.34. The second kappa shape index (κ2) is 14.6. The number of ether oxygens (including phenoxy) is 5. The van der Waals surface area contributed by atoms with Gasteiger partial charge < -0.3 is 34.3 Å². The quantitative estimate of drug-likeness (QED) is 0.195. The Morgan fingerprint density at radius 3 is 2.51 bits per heavy atom. The largest absolute Gasteiger partial charge is 0.491 e. The molecule has 2 aliphatic rings. The first-order chi connectivity index (χ1) is 19.9. The van der Waals surface area contributed by atoms with Crippen LogP contribution in [0.1, 0.15) is 25.3 Å². The highest BCUT2D eigenvalue weighted by Crippen LogP contribution is 2.41. The number of nitrogens with zero attached hydrogens (tertiary/aromatic N) is 1. The molecule has 0 aromatic heterocycles. The molecule has 2 N–H and O–H groups in total. The van der Waals surface area contributed by atoms with Gasteiger partial charge in [0, 0.05) is 17.3 Å². The molecule has 0 spiro atoms. The Balaban J connectivity index is 1.30. The number of carbonyl (C=O) groups is 2. The first-order valence-electron chi connectivity index (χ1n) is 13.2. The van der Waals surface area contributed by atoms with Gasteiger partial charge in [0.05, 0.1) is 55.3 Å². The van der Waals surface area contributed by atoms with Crippen LogP contribution in [0.4, 0.5) is 0 Å². The SMILES string of the molecule is CCOC(=O)C1=C(COCCNC(=O)COc2ccc(OCC3CO3)cc2)NC(C)=C(C#N)C1c1ccccc1Cl. The van der Waals surface area contributed by atoms with Crippen LogP contribution in [0.15, 0.2) is 71.1 Å². The number of benzene rings is 2. The van der Waals surface area contributed by atoms with Crippen molar-refractivity contribution in [2.75, 3.05) is 46.2 Å². The van der Waals surface area contributed by atoms with E-state index < -0.39 is 11.9 Å². The van der Waals surface area contributed by atoms with Crippen molar-refractivity contribution >= 4 is 23.5 Å². The third-order valence-corrected chi connectivity index (χ3v) is 6.67. The number of epoxide rings is 1. The van der Waals surface area contributed by atoms with Gasteiger partial charge in [-0.2, -0.15) is 5.26 Å². The number of nitriles is 1. The van der Waals surface area contributed by atoms with Gasteiger partial charge in [-0.3, -0.25) is 4.79 Å². The summed E-state index contributed by atoms with van der Waals surface area (Å²) < 4.78 is 27.3. The molecule has 0 radical (unpaired) electrons. The lowest BCUT2D eigenvalue weighted by molar-refractivity contribution is -0.139. The molecule has 0 bridgehead atoms. The van der Waals surface area contributed by atoms with Crippen LogP contribution in [0, 0.1) is 11.3 Å². The van der Waals surface area contributed by atoms with Gasteiger partial charge in [0.25, 0.3) is 5.91 Å². The van der Waals surface area contributed by atoms with Gasteiger partial charge in [0.2, 0.25) is 0 Å². The highest BCUT2D eigenvalue weighted by molar-refractivity contribution is 6.31. The summed E-state index contributed by atoms with van der Waals surface area (Å²) in [5, 5.41) is 16.2. The second-order valence-electron chi connectivity index (χ2n) is 9.27. The summed E-state index contributed by atoms with van der Waals surface area (Å²) >= 11 is 6.48. The number of rotatable bonds is 14. The molecule has 4 rings (SSSR count). The van der Waals surface area contributed by atoms with Crippen molar-refractivity contribution in [3.05, 3.63) is 81.7 Å². The highest BCUT2D eigenvalue weighted by atomic mass is 35.5. The van der Waals surface area contributed by atoms with E-state index in [4.69, 9.17) is 35.3 Å². The number of carbonyl (C=O) groups excluding carboxylic acids is 2. The van der Waals surface area contributed by atoms with Crippen LogP contribution in [0.3, 0.4) is 0 Å². The minimum atomic E-state index is -0.711. The summed E-state index contributed by atoms with van der Waals surface area (Å²) in [5.74, 6) is -0.335. The van der Waals surface area contributed by atoms with Crippen molar-refractivity contribution in [1.29, 1.82) is 5.26 Å². The molecule has 2 aromatic carbocycles. The van der Waals surface area contributed by atoms with Gasteiger partial charge in [-0.15, -0.1) is 0 Å². The lowest BCUT2D eigenvalue weighted by atomic mass is 9.81. The zero-order chi connectivity index (χ0) is 29.2. The van der Waals surface area contributed by atoms with E-state index in [0.717, 1.165) is 6.61 Å². The maximum Gasteiger partial charge on any atom is 0.336 e. The number of nitrogens with one attached hydrogen (secondary N) is 2. The van der Waals surface area contributed by atoms with Gasteiger partial charge in [-0.25, -0.2) is 4.79 Å². The fourth-order valence-corrected chi connectivity index (χ4v) is 4.50.